The van der Waals surface area contributed by atoms with Crippen molar-refractivity contribution in [1.82, 2.24) is 60.5 Å². The second-order valence-corrected chi connectivity index (χ2v) is 28.6. The van der Waals surface area contributed by atoms with Crippen LogP contribution in [0.3, 0.4) is 0 Å². The molecular formula is C68H103ClFIN12O12. The first-order valence-electron chi connectivity index (χ1n) is 32.9. The average Bonchev–Trinajstić information content (AvgIpc) is 0.816. The molecule has 4 rings (SSSR count). The Morgan fingerprint density at radius 3 is 1.80 bits per heavy atom. The number of amides is 12. The minimum Gasteiger partial charge on any atom is -0.343 e. The number of nitrogens with one attached hydrogen (secondary N) is 4. The van der Waals surface area contributed by atoms with E-state index in [2.05, 4.69) is 21.3 Å². The number of piperidine rings is 1. The molecule has 528 valence electrons. The molecule has 2 heterocycles. The molecule has 0 unspecified atom stereocenters. The Morgan fingerprint density at radius 2 is 1.21 bits per heavy atom. The Morgan fingerprint density at radius 1 is 0.621 bits per heavy atom. The van der Waals surface area contributed by atoms with Crippen LogP contribution in [0.2, 0.25) is 5.02 Å². The Hall–Kier alpha value is -6.97. The van der Waals surface area contributed by atoms with E-state index in [9.17, 15) is 52.7 Å². The molecule has 8 atom stereocenters. The molecule has 24 nitrogen and oxygen atoms in total. The van der Waals surface area contributed by atoms with Crippen LogP contribution in [0.4, 0.5) is 4.39 Å². The Labute approximate surface area is 579 Å². The minimum atomic E-state index is -1.75. The Kier molecular flexibility index (Phi) is 31.3. The van der Waals surface area contributed by atoms with Crippen LogP contribution in [-0.2, 0) is 70.4 Å². The summed E-state index contributed by atoms with van der Waals surface area (Å²) in [5, 5.41) is 11.6. The van der Waals surface area contributed by atoms with E-state index in [1.165, 1.54) is 86.3 Å². The van der Waals surface area contributed by atoms with Crippen LogP contribution in [0.1, 0.15) is 138 Å². The quantitative estimate of drug-likeness (QED) is 0.188. The number of benzene rings is 2. The first-order chi connectivity index (χ1) is 44.4. The van der Waals surface area contributed by atoms with Crippen LogP contribution in [0, 0.1) is 27.1 Å². The van der Waals surface area contributed by atoms with Crippen molar-refractivity contribution in [2.45, 2.75) is 187 Å². The standard InChI is InChI=1S/C68H103ClFIN12O12/c1-17-19-23-49-63(91)82(16)68(8,9)67(95)74-51(32-41(3)4)62(90)81(15)54(65(93)83-30-21-20-22-31-83)37-56(85)79(13)52(33-42(5)6)61(89)75-59(43(7)18-2)66(94)78(12)39-57(86)76(10)40-58(87)80(14)53(34-44-24-26-46(69)27-25-44)64(92)77(11)38-55(84)72-50(60(88)73-49)36-45-35-47(71)28-29-48(45)70/h24-29,35,41-43,49-54,59H,17-23,30-34,36-40H2,1-16H3,(H,72,84)(H,73,88)(H,74,95)(H,75,89)/t43-,49-,50-,51-,52-,53-,54-,59-/m0/s1. The molecule has 2 aliphatic rings. The number of rotatable bonds is 14. The van der Waals surface area contributed by atoms with E-state index < -0.39 is 163 Å². The summed E-state index contributed by atoms with van der Waals surface area (Å²) < 4.78 is 16.3. The van der Waals surface area contributed by atoms with Gasteiger partial charge in [0.15, 0.2) is 0 Å². The lowest BCUT2D eigenvalue weighted by Crippen LogP contribution is -2.63. The van der Waals surface area contributed by atoms with Crippen molar-refractivity contribution >= 4 is 105 Å². The van der Waals surface area contributed by atoms with Crippen molar-refractivity contribution in [1.29, 1.82) is 0 Å². The molecule has 0 bridgehead atoms. The number of hydrogen-bond acceptors (Lipinski definition) is 12. The highest BCUT2D eigenvalue weighted by molar-refractivity contribution is 14.1. The van der Waals surface area contributed by atoms with E-state index in [4.69, 9.17) is 11.6 Å². The molecule has 4 N–H and O–H groups in total. The normalized spacial score (nSPS) is 23.8. The SMILES string of the molecule is CCCC[C@@H]1NC(=O)[C@H](Cc2cc(I)ccc2F)NC(=O)CN(C)C(=O)[C@H](Cc2ccc(Cl)cc2)N(C)C(=O)CN(C)C(=O)CN(C)C(=O)[C@H]([C@@H](C)CC)NC(=O)[C@H](CC(C)C)N(C)C(=O)C[C@@H](C(=O)N2CCCCC2)N(C)C(=O)[C@H](CC(C)C)NC(=O)C(C)(C)N(C)C1=O. The number of likely N-dealkylation sites (tertiary alicyclic amines) is 1. The summed E-state index contributed by atoms with van der Waals surface area (Å²) in [6.07, 6.45) is 2.76. The molecule has 0 aromatic heterocycles. The van der Waals surface area contributed by atoms with Gasteiger partial charge in [-0.2, -0.15) is 0 Å². The van der Waals surface area contributed by atoms with Gasteiger partial charge in [-0.25, -0.2) is 4.39 Å². The molecule has 95 heavy (non-hydrogen) atoms. The summed E-state index contributed by atoms with van der Waals surface area (Å²) >= 11 is 8.20. The lowest BCUT2D eigenvalue weighted by molar-refractivity contribution is -0.152. The fourth-order valence-electron chi connectivity index (χ4n) is 11.4. The van der Waals surface area contributed by atoms with Gasteiger partial charge >= 0.3 is 0 Å². The summed E-state index contributed by atoms with van der Waals surface area (Å²) in [7, 11) is 9.58. The number of carbonyl (C=O) groups excluding carboxylic acids is 12. The van der Waals surface area contributed by atoms with E-state index in [0.29, 0.717) is 59.3 Å². The summed E-state index contributed by atoms with van der Waals surface area (Å²) in [5.74, 6) is -10.2. The maximum atomic E-state index is 15.6. The van der Waals surface area contributed by atoms with Crippen molar-refractivity contribution < 1.29 is 61.9 Å². The van der Waals surface area contributed by atoms with Crippen LogP contribution < -0.4 is 21.3 Å². The zero-order valence-corrected chi connectivity index (χ0v) is 61.4. The number of likely N-dealkylation sites (N-methyl/N-ethyl adjacent to an activating group) is 7. The van der Waals surface area contributed by atoms with Crippen LogP contribution in [0.15, 0.2) is 42.5 Å². The van der Waals surface area contributed by atoms with Gasteiger partial charge in [-0.15, -0.1) is 0 Å². The molecule has 27 heteroatoms. The van der Waals surface area contributed by atoms with Gasteiger partial charge in [0.05, 0.1) is 26.1 Å². The van der Waals surface area contributed by atoms with Gasteiger partial charge in [-0.1, -0.05) is 91.5 Å². The van der Waals surface area contributed by atoms with Crippen molar-refractivity contribution in [2.24, 2.45) is 17.8 Å². The first-order valence-corrected chi connectivity index (χ1v) is 34.4. The molecule has 0 radical (unpaired) electrons. The molecule has 0 aliphatic carbocycles. The third-order valence-corrected chi connectivity index (χ3v) is 19.1. The number of carbonyl (C=O) groups is 12. The fraction of sp³-hybridized carbons (Fsp3) is 0.647. The highest BCUT2D eigenvalue weighted by atomic mass is 127. The van der Waals surface area contributed by atoms with Gasteiger partial charge in [-0.05, 0) is 134 Å². The second-order valence-electron chi connectivity index (χ2n) is 26.9. The summed E-state index contributed by atoms with van der Waals surface area (Å²) in [6, 6.07) is 1.43. The first kappa shape index (κ1) is 80.5. The van der Waals surface area contributed by atoms with E-state index in [1.807, 2.05) is 64.1 Å². The topological polar surface area (TPSA) is 279 Å². The van der Waals surface area contributed by atoms with Crippen molar-refractivity contribution in [2.75, 3.05) is 82.1 Å². The predicted octanol–water partition coefficient (Wildman–Crippen LogP) is 4.65. The molecule has 2 aromatic rings. The third kappa shape index (κ3) is 22.8. The number of unbranched alkanes of at least 4 members (excludes halogenated alkanes) is 1. The van der Waals surface area contributed by atoms with Crippen molar-refractivity contribution in [3.05, 3.63) is 68.0 Å². The van der Waals surface area contributed by atoms with Gasteiger partial charge in [0.1, 0.15) is 53.6 Å². The zero-order chi connectivity index (χ0) is 71.5. The highest BCUT2D eigenvalue weighted by Crippen LogP contribution is 2.24. The van der Waals surface area contributed by atoms with Crippen LogP contribution in [0.5, 0.6) is 0 Å². The van der Waals surface area contributed by atoms with Gasteiger partial charge in [0, 0.05) is 83.9 Å². The summed E-state index contributed by atoms with van der Waals surface area (Å²) in [6.45, 7) is 14.7. The largest absolute Gasteiger partial charge is 0.343 e. The molecule has 2 saturated heterocycles. The predicted molar refractivity (Wildman–Crippen MR) is 368 cm³/mol. The maximum Gasteiger partial charge on any atom is 0.246 e. The molecule has 0 saturated carbocycles. The molecular weight excluding hydrogens is 1360 g/mol. The van der Waals surface area contributed by atoms with Crippen LogP contribution in [0.25, 0.3) is 0 Å². The molecule has 2 aromatic carbocycles. The summed E-state index contributed by atoms with van der Waals surface area (Å²) in [4.78, 5) is 186. The molecule has 12 amide bonds. The van der Waals surface area contributed by atoms with Gasteiger partial charge < -0.3 is 60.5 Å². The lowest BCUT2D eigenvalue weighted by atomic mass is 9.95. The zero-order valence-electron chi connectivity index (χ0n) is 58.4. The minimum absolute atomic E-state index is 0.0449. The molecule has 0 spiro atoms. The second kappa shape index (κ2) is 37.0. The van der Waals surface area contributed by atoms with E-state index in [0.717, 1.165) is 35.8 Å². The van der Waals surface area contributed by atoms with Gasteiger partial charge in [0.25, 0.3) is 0 Å². The van der Waals surface area contributed by atoms with E-state index in [-0.39, 0.29) is 43.1 Å². The lowest BCUT2D eigenvalue weighted by Gasteiger charge is -2.39. The van der Waals surface area contributed by atoms with E-state index in [1.54, 1.807) is 36.1 Å². The van der Waals surface area contributed by atoms with E-state index >= 15 is 9.18 Å². The van der Waals surface area contributed by atoms with Crippen molar-refractivity contribution in [3.63, 3.8) is 0 Å². The average molecular weight is 1460 g/mol. The van der Waals surface area contributed by atoms with Crippen molar-refractivity contribution in [3.8, 4) is 0 Å². The molecule has 2 fully saturated rings. The maximum absolute atomic E-state index is 15.6. The number of halogens is 3. The molecule has 2 aliphatic heterocycles. The number of nitrogens with zero attached hydrogens (tertiary/aromatic N) is 8. The highest BCUT2D eigenvalue weighted by Gasteiger charge is 2.44. The Bertz CT molecular complexity index is 3060. The van der Waals surface area contributed by atoms with Crippen LogP contribution >= 0.6 is 34.2 Å². The fourth-order valence-corrected chi connectivity index (χ4v) is 12.1. The summed E-state index contributed by atoms with van der Waals surface area (Å²) in [5.41, 5.74) is -1.13. The third-order valence-electron chi connectivity index (χ3n) is 18.1. The van der Waals surface area contributed by atoms with Gasteiger partial charge in [0.2, 0.25) is 70.9 Å². The monoisotopic (exact) mass is 1460 g/mol. The number of hydrogen-bond donors (Lipinski definition) is 4. The smallest absolute Gasteiger partial charge is 0.246 e. The Balaban J connectivity index is 1.90. The van der Waals surface area contributed by atoms with Gasteiger partial charge in [-0.3, -0.25) is 57.5 Å². The van der Waals surface area contributed by atoms with Crippen LogP contribution in [-0.4, -0.2) is 240 Å².